The lowest BCUT2D eigenvalue weighted by Gasteiger charge is -2.00. The molecule has 0 saturated heterocycles. The van der Waals surface area contributed by atoms with Gasteiger partial charge in [0.15, 0.2) is 0 Å². The van der Waals surface area contributed by atoms with Crippen molar-refractivity contribution in [1.29, 1.82) is 0 Å². The number of fused-ring (bicyclic) bond motifs is 1. The average molecular weight is 301 g/mol. The molecule has 0 saturated carbocycles. The van der Waals surface area contributed by atoms with E-state index in [4.69, 9.17) is 4.42 Å². The minimum Gasteiger partial charge on any atom is -0.480 e. The standard InChI is InChI=1S/C15H11NO4S/c1-9-7-11-13(8-12(9)16(18)19)20-15(17)14(11)21-10-5-3-2-4-6-10/h2-8,17H,1H3. The van der Waals surface area contributed by atoms with Crippen molar-refractivity contribution in [2.75, 3.05) is 0 Å². The van der Waals surface area contributed by atoms with E-state index >= 15 is 0 Å². The van der Waals surface area contributed by atoms with Gasteiger partial charge in [-0.05, 0) is 25.1 Å². The maximum atomic E-state index is 10.9. The number of hydrogen-bond donors (Lipinski definition) is 1. The lowest BCUT2D eigenvalue weighted by Crippen LogP contribution is -1.90. The van der Waals surface area contributed by atoms with E-state index in [2.05, 4.69) is 0 Å². The van der Waals surface area contributed by atoms with E-state index in [-0.39, 0.29) is 11.6 Å². The largest absolute Gasteiger partial charge is 0.480 e. The number of hydrogen-bond acceptors (Lipinski definition) is 5. The zero-order valence-corrected chi connectivity index (χ0v) is 11.9. The third-order valence-corrected chi connectivity index (χ3v) is 4.21. The molecule has 1 aromatic heterocycles. The van der Waals surface area contributed by atoms with Gasteiger partial charge in [-0.1, -0.05) is 30.0 Å². The number of nitro benzene ring substituents is 1. The smallest absolute Gasteiger partial charge is 0.297 e. The van der Waals surface area contributed by atoms with Crippen LogP contribution in [-0.2, 0) is 0 Å². The summed E-state index contributed by atoms with van der Waals surface area (Å²) in [5.41, 5.74) is 0.818. The molecule has 0 bridgehead atoms. The first-order valence-electron chi connectivity index (χ1n) is 6.19. The van der Waals surface area contributed by atoms with Gasteiger partial charge in [-0.3, -0.25) is 10.1 Å². The van der Waals surface area contributed by atoms with Crippen LogP contribution in [0.1, 0.15) is 5.56 Å². The molecule has 0 aliphatic rings. The van der Waals surface area contributed by atoms with Crippen molar-refractivity contribution in [1.82, 2.24) is 0 Å². The van der Waals surface area contributed by atoms with E-state index in [0.717, 1.165) is 4.90 Å². The summed E-state index contributed by atoms with van der Waals surface area (Å²) in [6.45, 7) is 1.67. The minimum atomic E-state index is -0.460. The summed E-state index contributed by atoms with van der Waals surface area (Å²) in [7, 11) is 0. The SMILES string of the molecule is Cc1cc2c(Sc3ccccc3)c(O)oc2cc1[N+](=O)[O-]. The van der Waals surface area contributed by atoms with Crippen molar-refractivity contribution in [3.05, 3.63) is 58.1 Å². The summed E-state index contributed by atoms with van der Waals surface area (Å²) in [4.78, 5) is 12.0. The molecule has 0 unspecified atom stereocenters. The van der Waals surface area contributed by atoms with Crippen molar-refractivity contribution < 1.29 is 14.4 Å². The van der Waals surface area contributed by atoms with E-state index in [0.29, 0.717) is 21.4 Å². The van der Waals surface area contributed by atoms with Gasteiger partial charge in [0.25, 0.3) is 11.6 Å². The molecular weight excluding hydrogens is 290 g/mol. The fraction of sp³-hybridized carbons (Fsp3) is 0.0667. The Morgan fingerprint density at radius 3 is 2.62 bits per heavy atom. The molecule has 0 amide bonds. The van der Waals surface area contributed by atoms with Crippen molar-refractivity contribution in [3.8, 4) is 5.95 Å². The Hall–Kier alpha value is -2.47. The Bertz CT molecular complexity index is 827. The van der Waals surface area contributed by atoms with Crippen LogP contribution in [0, 0.1) is 17.0 Å². The Morgan fingerprint density at radius 1 is 1.24 bits per heavy atom. The van der Waals surface area contributed by atoms with Gasteiger partial charge in [-0.25, -0.2) is 0 Å². The van der Waals surface area contributed by atoms with Gasteiger partial charge in [0.2, 0.25) is 0 Å². The third-order valence-electron chi connectivity index (χ3n) is 3.10. The number of aryl methyl sites for hydroxylation is 1. The Labute approximate surface area is 124 Å². The zero-order valence-electron chi connectivity index (χ0n) is 11.1. The third kappa shape index (κ3) is 2.45. The number of nitro groups is 1. The van der Waals surface area contributed by atoms with Crippen molar-refractivity contribution in [3.63, 3.8) is 0 Å². The summed E-state index contributed by atoms with van der Waals surface area (Å²) in [5, 5.41) is 21.6. The highest BCUT2D eigenvalue weighted by atomic mass is 32.2. The molecule has 6 heteroatoms. The number of rotatable bonds is 3. The zero-order chi connectivity index (χ0) is 15.0. The molecule has 0 fully saturated rings. The Balaban J connectivity index is 2.13. The van der Waals surface area contributed by atoms with Crippen molar-refractivity contribution in [2.45, 2.75) is 16.7 Å². The highest BCUT2D eigenvalue weighted by molar-refractivity contribution is 7.99. The second-order valence-corrected chi connectivity index (χ2v) is 5.63. The first-order valence-corrected chi connectivity index (χ1v) is 7.01. The Kier molecular flexibility index (Phi) is 3.31. The first kappa shape index (κ1) is 13.5. The van der Waals surface area contributed by atoms with Gasteiger partial charge in [0.05, 0.1) is 11.0 Å². The predicted molar refractivity (Wildman–Crippen MR) is 79.8 cm³/mol. The first-order chi connectivity index (χ1) is 10.1. The number of nitrogens with zero attached hydrogens (tertiary/aromatic N) is 1. The molecule has 3 aromatic rings. The van der Waals surface area contributed by atoms with E-state index in [1.165, 1.54) is 17.8 Å². The van der Waals surface area contributed by atoms with Crippen LogP contribution in [0.4, 0.5) is 5.69 Å². The van der Waals surface area contributed by atoms with Gasteiger partial charge in [0, 0.05) is 15.8 Å². The summed E-state index contributed by atoms with van der Waals surface area (Å²) < 4.78 is 5.25. The average Bonchev–Trinajstić information content (AvgIpc) is 2.75. The second-order valence-electron chi connectivity index (χ2n) is 4.54. The van der Waals surface area contributed by atoms with Gasteiger partial charge < -0.3 is 9.52 Å². The highest BCUT2D eigenvalue weighted by Gasteiger charge is 2.20. The number of benzene rings is 2. The van der Waals surface area contributed by atoms with E-state index in [1.54, 1.807) is 13.0 Å². The lowest BCUT2D eigenvalue weighted by atomic mass is 10.1. The van der Waals surface area contributed by atoms with Crippen molar-refractivity contribution in [2.24, 2.45) is 0 Å². The Morgan fingerprint density at radius 2 is 1.95 bits per heavy atom. The maximum absolute atomic E-state index is 10.9. The van der Waals surface area contributed by atoms with E-state index in [1.807, 2.05) is 30.3 Å². The van der Waals surface area contributed by atoms with E-state index < -0.39 is 4.92 Å². The quantitative estimate of drug-likeness (QED) is 0.569. The van der Waals surface area contributed by atoms with Crippen LogP contribution in [0.2, 0.25) is 0 Å². The normalized spacial score (nSPS) is 10.9. The number of furan rings is 1. The second kappa shape index (κ2) is 5.14. The summed E-state index contributed by atoms with van der Waals surface area (Å²) >= 11 is 1.36. The molecule has 21 heavy (non-hydrogen) atoms. The van der Waals surface area contributed by atoms with Crippen LogP contribution >= 0.6 is 11.8 Å². The molecule has 5 nitrogen and oxygen atoms in total. The molecule has 0 aliphatic carbocycles. The highest BCUT2D eigenvalue weighted by Crippen LogP contribution is 2.43. The van der Waals surface area contributed by atoms with Crippen LogP contribution in [0.25, 0.3) is 11.0 Å². The summed E-state index contributed by atoms with van der Waals surface area (Å²) in [6.07, 6.45) is 0. The molecule has 1 heterocycles. The van der Waals surface area contributed by atoms with E-state index in [9.17, 15) is 15.2 Å². The number of aromatic hydroxyl groups is 1. The van der Waals surface area contributed by atoms with Gasteiger partial charge in [0.1, 0.15) is 10.5 Å². The molecule has 0 spiro atoms. The van der Waals surface area contributed by atoms with Crippen LogP contribution in [-0.4, -0.2) is 10.0 Å². The molecule has 2 aromatic carbocycles. The fourth-order valence-electron chi connectivity index (χ4n) is 2.11. The van der Waals surface area contributed by atoms with Crippen LogP contribution < -0.4 is 0 Å². The monoisotopic (exact) mass is 301 g/mol. The summed E-state index contributed by atoms with van der Waals surface area (Å²) in [5.74, 6) is -0.223. The van der Waals surface area contributed by atoms with Crippen LogP contribution in [0.5, 0.6) is 5.95 Å². The van der Waals surface area contributed by atoms with Crippen molar-refractivity contribution >= 4 is 28.4 Å². The summed E-state index contributed by atoms with van der Waals surface area (Å²) in [6, 6.07) is 12.6. The van der Waals surface area contributed by atoms with Gasteiger partial charge >= 0.3 is 0 Å². The maximum Gasteiger partial charge on any atom is 0.297 e. The molecular formula is C15H11NO4S. The lowest BCUT2D eigenvalue weighted by molar-refractivity contribution is -0.385. The molecule has 1 N–H and O–H groups in total. The van der Waals surface area contributed by atoms with Gasteiger partial charge in [-0.2, -0.15) is 0 Å². The predicted octanol–water partition coefficient (Wildman–Crippen LogP) is 4.51. The molecule has 0 aliphatic heterocycles. The molecule has 0 radical (unpaired) electrons. The minimum absolute atomic E-state index is 0.0208. The van der Waals surface area contributed by atoms with Crippen LogP contribution in [0.3, 0.4) is 0 Å². The topological polar surface area (TPSA) is 76.5 Å². The molecule has 3 rings (SSSR count). The molecule has 0 atom stereocenters. The van der Waals surface area contributed by atoms with Gasteiger partial charge in [-0.15, -0.1) is 0 Å². The fourth-order valence-corrected chi connectivity index (χ4v) is 3.03. The van der Waals surface area contributed by atoms with Crippen LogP contribution in [0.15, 0.2) is 56.7 Å². The molecule has 106 valence electrons.